The highest BCUT2D eigenvalue weighted by Gasteiger charge is 2.51. The molecular weight excluding hydrogens is 448 g/mol. The number of amides is 2. The van der Waals surface area contributed by atoms with Crippen molar-refractivity contribution in [3.8, 4) is 33.9 Å². The second kappa shape index (κ2) is 8.79. The van der Waals surface area contributed by atoms with Crippen LogP contribution in [0.1, 0.15) is 34.1 Å². The zero-order chi connectivity index (χ0) is 25.5. The molecule has 1 fully saturated rings. The summed E-state index contributed by atoms with van der Waals surface area (Å²) in [6, 6.07) is 27.5. The van der Waals surface area contributed by atoms with E-state index in [4.69, 9.17) is 4.98 Å². The van der Waals surface area contributed by atoms with Gasteiger partial charge in [-0.2, -0.15) is 9.97 Å². The van der Waals surface area contributed by atoms with E-state index in [2.05, 4.69) is 9.97 Å². The molecule has 0 aliphatic carbocycles. The number of piperidine rings is 1. The number of benzene rings is 3. The molecule has 0 radical (unpaired) electrons. The molecule has 0 spiro atoms. The maximum atomic E-state index is 13.5. The van der Waals surface area contributed by atoms with E-state index in [1.165, 1.54) is 0 Å². The number of carbonyl (C=O) groups is 2. The van der Waals surface area contributed by atoms with Gasteiger partial charge in [-0.05, 0) is 23.6 Å². The van der Waals surface area contributed by atoms with Crippen LogP contribution in [0.25, 0.3) is 33.9 Å². The van der Waals surface area contributed by atoms with Crippen LogP contribution in [0.15, 0.2) is 84.9 Å². The molecule has 180 valence electrons. The molecule has 6 heteroatoms. The Hall–Kier alpha value is -4.19. The van der Waals surface area contributed by atoms with E-state index in [0.29, 0.717) is 18.1 Å². The Bertz CT molecular complexity index is 1420. The van der Waals surface area contributed by atoms with Gasteiger partial charge < -0.3 is 0 Å². The predicted octanol–water partition coefficient (Wildman–Crippen LogP) is 6.19. The molecule has 0 unspecified atom stereocenters. The van der Waals surface area contributed by atoms with E-state index in [1.54, 1.807) is 0 Å². The van der Waals surface area contributed by atoms with Crippen LogP contribution in [-0.4, -0.2) is 26.8 Å². The zero-order valence-corrected chi connectivity index (χ0v) is 20.9. The highest BCUT2D eigenvalue weighted by molar-refractivity contribution is 6.19. The van der Waals surface area contributed by atoms with Crippen molar-refractivity contribution in [2.75, 3.05) is 4.90 Å². The van der Waals surface area contributed by atoms with Crippen LogP contribution in [-0.2, 0) is 9.59 Å². The molecule has 0 saturated carbocycles. The van der Waals surface area contributed by atoms with Crippen LogP contribution < -0.4 is 4.90 Å². The van der Waals surface area contributed by atoms with Crippen LogP contribution in [0.3, 0.4) is 0 Å². The summed E-state index contributed by atoms with van der Waals surface area (Å²) in [6.07, 6.45) is 0.455. The number of hydrogen-bond acceptors (Lipinski definition) is 5. The molecule has 2 heterocycles. The van der Waals surface area contributed by atoms with E-state index in [9.17, 15) is 9.59 Å². The number of rotatable bonds is 4. The van der Waals surface area contributed by atoms with Crippen molar-refractivity contribution >= 4 is 17.8 Å². The molecule has 2 amide bonds. The van der Waals surface area contributed by atoms with Gasteiger partial charge in [0.15, 0.2) is 11.6 Å². The Labute approximate surface area is 211 Å². The smallest absolute Gasteiger partial charge is 0.243 e. The van der Waals surface area contributed by atoms with Crippen molar-refractivity contribution in [1.29, 1.82) is 0 Å². The van der Waals surface area contributed by atoms with E-state index >= 15 is 0 Å². The number of aromatic nitrogens is 3. The third kappa shape index (κ3) is 4.31. The van der Waals surface area contributed by atoms with E-state index < -0.39 is 10.8 Å². The van der Waals surface area contributed by atoms with Crippen LogP contribution >= 0.6 is 0 Å². The van der Waals surface area contributed by atoms with Gasteiger partial charge in [0.25, 0.3) is 0 Å². The van der Waals surface area contributed by atoms with Gasteiger partial charge in [-0.15, -0.1) is 0 Å². The van der Waals surface area contributed by atoms with Gasteiger partial charge in [-0.25, -0.2) is 9.88 Å². The first-order valence-electron chi connectivity index (χ1n) is 12.0. The van der Waals surface area contributed by atoms with Gasteiger partial charge >= 0.3 is 0 Å². The van der Waals surface area contributed by atoms with Crippen LogP contribution in [0, 0.1) is 10.8 Å². The van der Waals surface area contributed by atoms with Gasteiger partial charge in [0.2, 0.25) is 17.8 Å². The Kier molecular flexibility index (Phi) is 5.75. The molecule has 0 bridgehead atoms. The number of carbonyl (C=O) groups excluding carboxylic acids is 2. The molecule has 1 aliphatic rings. The molecule has 36 heavy (non-hydrogen) atoms. The molecule has 0 atom stereocenters. The Morgan fingerprint density at radius 1 is 0.583 bits per heavy atom. The second-order valence-electron chi connectivity index (χ2n) is 10.5. The van der Waals surface area contributed by atoms with Crippen molar-refractivity contribution in [2.45, 2.75) is 34.1 Å². The molecule has 0 N–H and O–H groups in total. The molecule has 5 rings (SSSR count). The SMILES string of the molecule is CC1(C)CC(C)(C)C(=O)N(c2nc(-c3ccccc3)nc(-c3cccc(-c4ccccc4)c3)n2)C1=O. The Morgan fingerprint density at radius 3 is 1.64 bits per heavy atom. The maximum absolute atomic E-state index is 13.5. The highest BCUT2D eigenvalue weighted by Crippen LogP contribution is 2.43. The third-order valence-electron chi connectivity index (χ3n) is 6.53. The van der Waals surface area contributed by atoms with Gasteiger partial charge in [0, 0.05) is 22.0 Å². The molecule has 3 aromatic carbocycles. The van der Waals surface area contributed by atoms with Crippen molar-refractivity contribution < 1.29 is 9.59 Å². The quantitative estimate of drug-likeness (QED) is 0.328. The summed E-state index contributed by atoms with van der Waals surface area (Å²) < 4.78 is 0. The first-order chi connectivity index (χ1) is 17.2. The van der Waals surface area contributed by atoms with Crippen molar-refractivity contribution in [1.82, 2.24) is 15.0 Å². The van der Waals surface area contributed by atoms with Gasteiger partial charge in [-0.3, -0.25) is 9.59 Å². The maximum Gasteiger partial charge on any atom is 0.243 e. The minimum Gasteiger partial charge on any atom is -0.273 e. The first kappa shape index (κ1) is 23.5. The minimum atomic E-state index is -0.732. The first-order valence-corrected chi connectivity index (χ1v) is 12.0. The number of imide groups is 1. The van der Waals surface area contributed by atoms with Crippen LogP contribution in [0.2, 0.25) is 0 Å². The number of nitrogens with zero attached hydrogens (tertiary/aromatic N) is 4. The fraction of sp³-hybridized carbons (Fsp3) is 0.233. The summed E-state index contributed by atoms with van der Waals surface area (Å²) in [5, 5.41) is 0. The molecule has 1 aliphatic heterocycles. The summed E-state index contributed by atoms with van der Waals surface area (Å²) in [5.74, 6) is 0.253. The van der Waals surface area contributed by atoms with Crippen molar-refractivity contribution in [3.63, 3.8) is 0 Å². The second-order valence-corrected chi connectivity index (χ2v) is 10.5. The Morgan fingerprint density at radius 2 is 1.06 bits per heavy atom. The monoisotopic (exact) mass is 476 g/mol. The van der Waals surface area contributed by atoms with Crippen LogP contribution in [0.5, 0.6) is 0 Å². The van der Waals surface area contributed by atoms with Crippen LogP contribution in [0.4, 0.5) is 5.95 Å². The largest absolute Gasteiger partial charge is 0.273 e. The summed E-state index contributed by atoms with van der Waals surface area (Å²) in [4.78, 5) is 42.2. The molecular formula is C30H28N4O2. The molecule has 4 aromatic rings. The van der Waals surface area contributed by atoms with Crippen molar-refractivity contribution in [3.05, 3.63) is 84.9 Å². The Balaban J connectivity index is 1.69. The average Bonchev–Trinajstić information content (AvgIpc) is 2.88. The fourth-order valence-corrected chi connectivity index (χ4v) is 4.91. The number of anilines is 1. The molecule has 1 saturated heterocycles. The van der Waals surface area contributed by atoms with Gasteiger partial charge in [0.1, 0.15) is 0 Å². The molecule has 6 nitrogen and oxygen atoms in total. The lowest BCUT2D eigenvalue weighted by molar-refractivity contribution is -0.143. The molecule has 1 aromatic heterocycles. The summed E-state index contributed by atoms with van der Waals surface area (Å²) >= 11 is 0. The fourth-order valence-electron chi connectivity index (χ4n) is 4.91. The standard InChI is InChI=1S/C30H28N4O2/c1-29(2)19-30(3,4)27(36)34(26(29)35)28-32-24(21-14-9-6-10-15-21)31-25(33-28)23-17-11-16-22(18-23)20-12-7-5-8-13-20/h5-18H,19H2,1-4H3. The van der Waals surface area contributed by atoms with E-state index in [-0.39, 0.29) is 17.8 Å². The predicted molar refractivity (Wildman–Crippen MR) is 141 cm³/mol. The topological polar surface area (TPSA) is 76.1 Å². The summed E-state index contributed by atoms with van der Waals surface area (Å²) in [5.41, 5.74) is 2.17. The lowest BCUT2D eigenvalue weighted by atomic mass is 9.70. The highest BCUT2D eigenvalue weighted by atomic mass is 16.2. The normalized spacial score (nSPS) is 16.7. The lowest BCUT2D eigenvalue weighted by Gasteiger charge is -2.43. The average molecular weight is 477 g/mol. The van der Waals surface area contributed by atoms with E-state index in [1.807, 2.05) is 113 Å². The lowest BCUT2D eigenvalue weighted by Crippen LogP contribution is -2.57. The zero-order valence-electron chi connectivity index (χ0n) is 20.9. The minimum absolute atomic E-state index is 0.0554. The third-order valence-corrected chi connectivity index (χ3v) is 6.53. The van der Waals surface area contributed by atoms with E-state index in [0.717, 1.165) is 27.2 Å². The number of hydrogen-bond donors (Lipinski definition) is 0. The summed E-state index contributed by atoms with van der Waals surface area (Å²) in [7, 11) is 0. The summed E-state index contributed by atoms with van der Waals surface area (Å²) in [6.45, 7) is 7.44. The van der Waals surface area contributed by atoms with Crippen molar-refractivity contribution in [2.24, 2.45) is 10.8 Å². The van der Waals surface area contributed by atoms with Gasteiger partial charge in [0.05, 0.1) is 0 Å². The van der Waals surface area contributed by atoms with Gasteiger partial charge in [-0.1, -0.05) is 107 Å².